The van der Waals surface area contributed by atoms with Crippen LogP contribution in [-0.4, -0.2) is 11.7 Å². The fraction of sp³-hybridized carbons (Fsp3) is 0.250. The van der Waals surface area contributed by atoms with Gasteiger partial charge in [-0.25, -0.2) is 0 Å². The number of benzene rings is 2. The van der Waals surface area contributed by atoms with Gasteiger partial charge in [0.15, 0.2) is 0 Å². The van der Waals surface area contributed by atoms with Crippen LogP contribution in [0.5, 0.6) is 0 Å². The summed E-state index contributed by atoms with van der Waals surface area (Å²) in [6.45, 7) is 2.26. The van der Waals surface area contributed by atoms with Gasteiger partial charge in [0.25, 0.3) is 0 Å². The maximum Gasteiger partial charge on any atom is 0.0871 e. The highest BCUT2D eigenvalue weighted by Gasteiger charge is 2.25. The number of nitrogens with two attached hydrogens (primary N) is 1. The Hall–Kier alpha value is -1.06. The molecule has 0 saturated heterocycles. The maximum absolute atomic E-state index is 10.6. The van der Waals surface area contributed by atoms with E-state index in [1.165, 1.54) is 0 Å². The molecule has 20 heavy (non-hydrogen) atoms. The average molecular weight is 310 g/mol. The van der Waals surface area contributed by atoms with Gasteiger partial charge < -0.3 is 10.8 Å². The van der Waals surface area contributed by atoms with Gasteiger partial charge in [0.1, 0.15) is 0 Å². The highest BCUT2D eigenvalue weighted by Crippen LogP contribution is 2.38. The van der Waals surface area contributed by atoms with Crippen molar-refractivity contribution < 1.29 is 5.11 Å². The number of aliphatic hydroxyl groups excluding tert-OH is 1. The van der Waals surface area contributed by atoms with Crippen molar-refractivity contribution in [3.63, 3.8) is 0 Å². The first-order valence-corrected chi connectivity index (χ1v) is 7.18. The van der Waals surface area contributed by atoms with Gasteiger partial charge in [-0.15, -0.1) is 0 Å². The number of aryl methyl sites for hydroxylation is 1. The van der Waals surface area contributed by atoms with E-state index in [1.54, 1.807) is 18.2 Å². The Morgan fingerprint density at radius 1 is 1.05 bits per heavy atom. The lowest BCUT2D eigenvalue weighted by Crippen LogP contribution is -2.21. The quantitative estimate of drug-likeness (QED) is 0.894. The van der Waals surface area contributed by atoms with Gasteiger partial charge in [0.05, 0.1) is 6.10 Å². The van der Waals surface area contributed by atoms with Gasteiger partial charge in [-0.2, -0.15) is 0 Å². The van der Waals surface area contributed by atoms with Crippen LogP contribution in [0.2, 0.25) is 10.0 Å². The third kappa shape index (κ3) is 3.15. The van der Waals surface area contributed by atoms with Crippen molar-refractivity contribution in [3.05, 3.63) is 69.2 Å². The first-order chi connectivity index (χ1) is 9.54. The Morgan fingerprint density at radius 3 is 2.10 bits per heavy atom. The van der Waals surface area contributed by atoms with E-state index in [9.17, 15) is 5.11 Å². The maximum atomic E-state index is 10.6. The topological polar surface area (TPSA) is 46.2 Å². The Morgan fingerprint density at radius 2 is 1.60 bits per heavy atom. The van der Waals surface area contributed by atoms with Crippen molar-refractivity contribution in [1.29, 1.82) is 0 Å². The SMILES string of the molecule is Cc1ccc(C(O)C(CN)c2c(Cl)cccc2Cl)cc1. The summed E-state index contributed by atoms with van der Waals surface area (Å²) in [6, 6.07) is 13.0. The minimum atomic E-state index is -0.738. The lowest BCUT2D eigenvalue weighted by atomic mass is 9.89. The second-order valence-electron chi connectivity index (χ2n) is 4.83. The van der Waals surface area contributed by atoms with E-state index < -0.39 is 6.10 Å². The molecule has 2 nitrogen and oxygen atoms in total. The second kappa shape index (κ2) is 6.59. The lowest BCUT2D eigenvalue weighted by Gasteiger charge is -2.24. The summed E-state index contributed by atoms with van der Waals surface area (Å²) in [5.41, 5.74) is 8.48. The minimum Gasteiger partial charge on any atom is -0.388 e. The average Bonchev–Trinajstić information content (AvgIpc) is 2.43. The fourth-order valence-electron chi connectivity index (χ4n) is 2.27. The molecule has 4 heteroatoms. The molecule has 3 N–H and O–H groups in total. The molecular weight excluding hydrogens is 293 g/mol. The number of rotatable bonds is 4. The minimum absolute atomic E-state index is 0.262. The molecule has 2 aromatic carbocycles. The molecule has 0 saturated carbocycles. The number of halogens is 2. The van der Waals surface area contributed by atoms with E-state index in [1.807, 2.05) is 31.2 Å². The van der Waals surface area contributed by atoms with Crippen LogP contribution in [0.15, 0.2) is 42.5 Å². The summed E-state index contributed by atoms with van der Waals surface area (Å²) in [5.74, 6) is -0.334. The molecule has 2 atom stereocenters. The normalized spacial score (nSPS) is 14.1. The van der Waals surface area contributed by atoms with Crippen LogP contribution in [0.3, 0.4) is 0 Å². The molecule has 0 aromatic heterocycles. The van der Waals surface area contributed by atoms with Crippen LogP contribution in [0.4, 0.5) is 0 Å². The molecule has 2 rings (SSSR count). The third-order valence-corrected chi connectivity index (χ3v) is 4.08. The Labute approximate surface area is 129 Å². The summed E-state index contributed by atoms with van der Waals surface area (Å²) in [4.78, 5) is 0. The molecule has 2 aromatic rings. The van der Waals surface area contributed by atoms with Gasteiger partial charge in [-0.1, -0.05) is 59.1 Å². The molecule has 0 spiro atoms. The van der Waals surface area contributed by atoms with E-state index in [0.717, 1.165) is 11.1 Å². The van der Waals surface area contributed by atoms with Crippen molar-refractivity contribution in [3.8, 4) is 0 Å². The van der Waals surface area contributed by atoms with Gasteiger partial charge in [-0.05, 0) is 30.2 Å². The molecule has 0 fully saturated rings. The van der Waals surface area contributed by atoms with E-state index in [2.05, 4.69) is 0 Å². The molecular formula is C16H17Cl2NO. The Bertz CT molecular complexity index is 563. The van der Waals surface area contributed by atoms with Crippen molar-refractivity contribution in [2.75, 3.05) is 6.54 Å². The van der Waals surface area contributed by atoms with Crippen LogP contribution in [0, 0.1) is 6.92 Å². The first kappa shape index (κ1) is 15.3. The van der Waals surface area contributed by atoms with Crippen LogP contribution in [-0.2, 0) is 0 Å². The van der Waals surface area contributed by atoms with E-state index in [4.69, 9.17) is 28.9 Å². The number of aliphatic hydroxyl groups is 1. The Kier molecular flexibility index (Phi) is 5.06. The molecule has 0 radical (unpaired) electrons. The predicted octanol–water partition coefficient (Wildman–Crippen LogP) is 4.08. The third-order valence-electron chi connectivity index (χ3n) is 3.42. The predicted molar refractivity (Wildman–Crippen MR) is 84.4 cm³/mol. The molecule has 0 amide bonds. The zero-order chi connectivity index (χ0) is 14.7. The molecule has 106 valence electrons. The number of hydrogen-bond donors (Lipinski definition) is 2. The molecule has 0 bridgehead atoms. The largest absolute Gasteiger partial charge is 0.388 e. The summed E-state index contributed by atoms with van der Waals surface area (Å²) >= 11 is 12.4. The summed E-state index contributed by atoms with van der Waals surface area (Å²) < 4.78 is 0. The zero-order valence-electron chi connectivity index (χ0n) is 11.2. The molecule has 0 aliphatic rings. The first-order valence-electron chi connectivity index (χ1n) is 6.43. The summed E-state index contributed by atoms with van der Waals surface area (Å²) in [6.07, 6.45) is -0.738. The lowest BCUT2D eigenvalue weighted by molar-refractivity contribution is 0.147. The van der Waals surface area contributed by atoms with Crippen molar-refractivity contribution >= 4 is 23.2 Å². The van der Waals surface area contributed by atoms with E-state index >= 15 is 0 Å². The van der Waals surface area contributed by atoms with Gasteiger partial charge in [-0.3, -0.25) is 0 Å². The van der Waals surface area contributed by atoms with Crippen LogP contribution < -0.4 is 5.73 Å². The van der Waals surface area contributed by atoms with Crippen LogP contribution in [0.1, 0.15) is 28.7 Å². The van der Waals surface area contributed by atoms with Crippen LogP contribution in [0.25, 0.3) is 0 Å². The highest BCUT2D eigenvalue weighted by molar-refractivity contribution is 6.36. The number of hydrogen-bond acceptors (Lipinski definition) is 2. The monoisotopic (exact) mass is 309 g/mol. The highest BCUT2D eigenvalue weighted by atomic mass is 35.5. The molecule has 0 aliphatic carbocycles. The van der Waals surface area contributed by atoms with Crippen molar-refractivity contribution in [2.24, 2.45) is 5.73 Å². The fourth-order valence-corrected chi connectivity index (χ4v) is 2.94. The van der Waals surface area contributed by atoms with Crippen molar-refractivity contribution in [1.82, 2.24) is 0 Å². The molecule has 2 unspecified atom stereocenters. The van der Waals surface area contributed by atoms with Crippen molar-refractivity contribution in [2.45, 2.75) is 18.9 Å². The smallest absolute Gasteiger partial charge is 0.0871 e. The second-order valence-corrected chi connectivity index (χ2v) is 5.65. The van der Waals surface area contributed by atoms with Crippen LogP contribution >= 0.6 is 23.2 Å². The van der Waals surface area contributed by atoms with E-state index in [-0.39, 0.29) is 12.5 Å². The van der Waals surface area contributed by atoms with Gasteiger partial charge >= 0.3 is 0 Å². The van der Waals surface area contributed by atoms with E-state index in [0.29, 0.717) is 15.6 Å². The molecule has 0 aliphatic heterocycles. The Balaban J connectivity index is 2.39. The van der Waals surface area contributed by atoms with Gasteiger partial charge in [0, 0.05) is 22.5 Å². The summed E-state index contributed by atoms with van der Waals surface area (Å²) in [5, 5.41) is 11.6. The van der Waals surface area contributed by atoms with Gasteiger partial charge in [0.2, 0.25) is 0 Å². The molecule has 0 heterocycles. The standard InChI is InChI=1S/C16H17Cl2NO/c1-10-5-7-11(8-6-10)16(20)12(9-19)15-13(17)3-2-4-14(15)18/h2-8,12,16,20H,9,19H2,1H3. The summed E-state index contributed by atoms with van der Waals surface area (Å²) in [7, 11) is 0. The zero-order valence-corrected chi connectivity index (χ0v) is 12.7.